The van der Waals surface area contributed by atoms with Gasteiger partial charge in [-0.1, -0.05) is 30.7 Å². The number of halogens is 1. The van der Waals surface area contributed by atoms with E-state index in [1.807, 2.05) is 24.3 Å². The molecule has 0 fully saturated rings. The van der Waals surface area contributed by atoms with Crippen molar-refractivity contribution >= 4 is 17.5 Å². The Balaban J connectivity index is 1.85. The number of nitrogens with one attached hydrogen (secondary N) is 1. The maximum Gasteiger partial charge on any atom is 0.252 e. The van der Waals surface area contributed by atoms with Crippen molar-refractivity contribution in [1.82, 2.24) is 10.2 Å². The molecule has 6 heteroatoms. The molecule has 0 spiro atoms. The van der Waals surface area contributed by atoms with Crippen LogP contribution in [0.4, 0.5) is 0 Å². The Labute approximate surface area is 165 Å². The Morgan fingerprint density at radius 3 is 2.59 bits per heavy atom. The van der Waals surface area contributed by atoms with E-state index in [4.69, 9.17) is 21.1 Å². The summed E-state index contributed by atoms with van der Waals surface area (Å²) in [4.78, 5) is 14.9. The average molecular weight is 389 g/mol. The summed E-state index contributed by atoms with van der Waals surface area (Å²) >= 11 is 6.15. The van der Waals surface area contributed by atoms with E-state index in [9.17, 15) is 4.79 Å². The second kappa shape index (κ2) is 8.63. The fraction of sp³-hybridized carbons (Fsp3) is 0.381. The SMILES string of the molecule is CCN1CCc2cc(OC)c(OC)cc2[C@@H]1CNC(=O)c1ccccc1Cl. The summed E-state index contributed by atoms with van der Waals surface area (Å²) in [6, 6.07) is 11.2. The average Bonchev–Trinajstić information content (AvgIpc) is 2.70. The molecule has 1 N–H and O–H groups in total. The zero-order valence-corrected chi connectivity index (χ0v) is 16.7. The van der Waals surface area contributed by atoms with E-state index < -0.39 is 0 Å². The molecule has 0 aliphatic carbocycles. The van der Waals surface area contributed by atoms with Crippen LogP contribution in [-0.2, 0) is 6.42 Å². The van der Waals surface area contributed by atoms with Crippen LogP contribution >= 0.6 is 11.6 Å². The molecular formula is C21H25ClN2O3. The van der Waals surface area contributed by atoms with Crippen LogP contribution in [0.5, 0.6) is 11.5 Å². The summed E-state index contributed by atoms with van der Waals surface area (Å²) in [5, 5.41) is 3.50. The third-order valence-electron chi connectivity index (χ3n) is 5.09. The molecule has 0 aromatic heterocycles. The van der Waals surface area contributed by atoms with E-state index in [1.165, 1.54) is 11.1 Å². The molecular weight excluding hydrogens is 364 g/mol. The summed E-state index contributed by atoms with van der Waals surface area (Å²) in [5.74, 6) is 1.28. The number of hydrogen-bond donors (Lipinski definition) is 1. The highest BCUT2D eigenvalue weighted by Crippen LogP contribution is 2.37. The lowest BCUT2D eigenvalue weighted by Crippen LogP contribution is -2.42. The summed E-state index contributed by atoms with van der Waals surface area (Å²) in [7, 11) is 3.28. The molecule has 1 atom stereocenters. The molecule has 5 nitrogen and oxygen atoms in total. The van der Waals surface area contributed by atoms with Crippen molar-refractivity contribution in [2.45, 2.75) is 19.4 Å². The van der Waals surface area contributed by atoms with Crippen LogP contribution in [0.15, 0.2) is 36.4 Å². The molecule has 0 saturated carbocycles. The predicted molar refractivity (Wildman–Crippen MR) is 107 cm³/mol. The number of likely N-dealkylation sites (N-methyl/N-ethyl adjacent to an activating group) is 1. The summed E-state index contributed by atoms with van der Waals surface area (Å²) in [6.07, 6.45) is 0.943. The fourth-order valence-corrected chi connectivity index (χ4v) is 3.85. The minimum absolute atomic E-state index is 0.0741. The predicted octanol–water partition coefficient (Wildman–Crippen LogP) is 3.71. The van der Waals surface area contributed by atoms with Crippen LogP contribution in [0.2, 0.25) is 5.02 Å². The Hall–Kier alpha value is -2.24. The first-order valence-corrected chi connectivity index (χ1v) is 9.48. The van der Waals surface area contributed by atoms with Crippen molar-refractivity contribution in [1.29, 1.82) is 0 Å². The molecule has 1 heterocycles. The molecule has 1 amide bonds. The normalized spacial score (nSPS) is 16.5. The summed E-state index contributed by atoms with van der Waals surface area (Å²) < 4.78 is 10.9. The van der Waals surface area contributed by atoms with Gasteiger partial charge in [-0.05, 0) is 48.4 Å². The molecule has 1 aliphatic rings. The zero-order valence-electron chi connectivity index (χ0n) is 15.9. The topological polar surface area (TPSA) is 50.8 Å². The highest BCUT2D eigenvalue weighted by molar-refractivity contribution is 6.33. The number of fused-ring (bicyclic) bond motifs is 1. The quantitative estimate of drug-likeness (QED) is 0.819. The Kier molecular flexibility index (Phi) is 6.24. The number of carbonyl (C=O) groups is 1. The lowest BCUT2D eigenvalue weighted by Gasteiger charge is -2.37. The number of amides is 1. The highest BCUT2D eigenvalue weighted by atomic mass is 35.5. The highest BCUT2D eigenvalue weighted by Gasteiger charge is 2.28. The van der Waals surface area contributed by atoms with E-state index in [0.29, 0.717) is 22.9 Å². The van der Waals surface area contributed by atoms with Crippen LogP contribution in [0.3, 0.4) is 0 Å². The second-order valence-corrected chi connectivity index (χ2v) is 6.90. The number of hydrogen-bond acceptors (Lipinski definition) is 4. The minimum atomic E-state index is -0.163. The van der Waals surface area contributed by atoms with Crippen molar-refractivity contribution in [2.24, 2.45) is 0 Å². The van der Waals surface area contributed by atoms with Gasteiger partial charge in [-0.25, -0.2) is 0 Å². The molecule has 1 aliphatic heterocycles. The van der Waals surface area contributed by atoms with Crippen molar-refractivity contribution in [3.63, 3.8) is 0 Å². The van der Waals surface area contributed by atoms with Gasteiger partial charge in [-0.3, -0.25) is 9.69 Å². The van der Waals surface area contributed by atoms with Gasteiger partial charge in [0.2, 0.25) is 0 Å². The van der Waals surface area contributed by atoms with E-state index in [1.54, 1.807) is 26.4 Å². The van der Waals surface area contributed by atoms with Crippen LogP contribution in [0, 0.1) is 0 Å². The van der Waals surface area contributed by atoms with E-state index >= 15 is 0 Å². The summed E-state index contributed by atoms with van der Waals surface area (Å²) in [5.41, 5.74) is 2.89. The molecule has 2 aromatic rings. The van der Waals surface area contributed by atoms with Crippen LogP contribution in [-0.4, -0.2) is 44.7 Å². The van der Waals surface area contributed by atoms with Gasteiger partial charge in [0.25, 0.3) is 5.91 Å². The van der Waals surface area contributed by atoms with Crippen molar-refractivity contribution in [3.05, 3.63) is 58.1 Å². The number of rotatable bonds is 6. The fourth-order valence-electron chi connectivity index (χ4n) is 3.63. The number of carbonyl (C=O) groups excluding carboxylic acids is 1. The van der Waals surface area contributed by atoms with Crippen LogP contribution in [0.25, 0.3) is 0 Å². The lowest BCUT2D eigenvalue weighted by molar-refractivity contribution is 0.0930. The molecule has 0 saturated heterocycles. The third-order valence-corrected chi connectivity index (χ3v) is 5.42. The monoisotopic (exact) mass is 388 g/mol. The number of ether oxygens (including phenoxy) is 2. The first-order chi connectivity index (χ1) is 13.1. The van der Waals surface area contributed by atoms with Crippen molar-refractivity contribution in [3.8, 4) is 11.5 Å². The second-order valence-electron chi connectivity index (χ2n) is 6.49. The number of nitrogens with zero attached hydrogens (tertiary/aromatic N) is 1. The summed E-state index contributed by atoms with van der Waals surface area (Å²) in [6.45, 7) is 4.47. The first-order valence-electron chi connectivity index (χ1n) is 9.10. The molecule has 0 unspecified atom stereocenters. The number of benzene rings is 2. The Morgan fingerprint density at radius 2 is 1.93 bits per heavy atom. The molecule has 2 aromatic carbocycles. The Bertz CT molecular complexity index is 825. The van der Waals surface area contributed by atoms with Crippen LogP contribution in [0.1, 0.15) is 34.5 Å². The molecule has 3 rings (SSSR count). The maximum atomic E-state index is 12.6. The molecule has 27 heavy (non-hydrogen) atoms. The molecule has 0 radical (unpaired) electrons. The van der Waals surface area contributed by atoms with Crippen LogP contribution < -0.4 is 14.8 Å². The van der Waals surface area contributed by atoms with Gasteiger partial charge >= 0.3 is 0 Å². The largest absolute Gasteiger partial charge is 0.493 e. The van der Waals surface area contributed by atoms with E-state index in [2.05, 4.69) is 17.1 Å². The van der Waals surface area contributed by atoms with Gasteiger partial charge in [-0.2, -0.15) is 0 Å². The van der Waals surface area contributed by atoms with Gasteiger partial charge < -0.3 is 14.8 Å². The number of methoxy groups -OCH3 is 2. The van der Waals surface area contributed by atoms with Gasteiger partial charge in [0.15, 0.2) is 11.5 Å². The van der Waals surface area contributed by atoms with Gasteiger partial charge in [0, 0.05) is 13.1 Å². The zero-order chi connectivity index (χ0) is 19.4. The van der Waals surface area contributed by atoms with Crippen molar-refractivity contribution in [2.75, 3.05) is 33.9 Å². The van der Waals surface area contributed by atoms with E-state index in [-0.39, 0.29) is 11.9 Å². The van der Waals surface area contributed by atoms with Gasteiger partial charge in [0.1, 0.15) is 0 Å². The lowest BCUT2D eigenvalue weighted by atomic mass is 9.91. The standard InChI is InChI=1S/C21H25ClN2O3/c1-4-24-10-9-14-11-19(26-2)20(27-3)12-16(14)18(24)13-23-21(25)15-7-5-6-8-17(15)22/h5-8,11-12,18H,4,9-10,13H2,1-3H3,(H,23,25)/t18-/m0/s1. The smallest absolute Gasteiger partial charge is 0.252 e. The minimum Gasteiger partial charge on any atom is -0.493 e. The first kappa shape index (κ1) is 19.5. The molecule has 144 valence electrons. The third kappa shape index (κ3) is 4.04. The Morgan fingerprint density at radius 1 is 1.22 bits per heavy atom. The maximum absolute atomic E-state index is 12.6. The van der Waals surface area contributed by atoms with Gasteiger partial charge in [-0.15, -0.1) is 0 Å². The molecule has 0 bridgehead atoms. The van der Waals surface area contributed by atoms with E-state index in [0.717, 1.165) is 25.3 Å². The van der Waals surface area contributed by atoms with Crippen molar-refractivity contribution < 1.29 is 14.3 Å². The van der Waals surface area contributed by atoms with Gasteiger partial charge in [0.05, 0.1) is 30.8 Å².